The van der Waals surface area contributed by atoms with Gasteiger partial charge in [0.1, 0.15) is 0 Å². The Bertz CT molecular complexity index is 461. The second kappa shape index (κ2) is 5.04. The van der Waals surface area contributed by atoms with E-state index in [1.165, 1.54) is 4.90 Å². The van der Waals surface area contributed by atoms with Crippen LogP contribution in [0, 0.1) is 0 Å². The van der Waals surface area contributed by atoms with E-state index >= 15 is 0 Å². The molecule has 6 heteroatoms. The number of imide groups is 1. The Labute approximate surface area is 108 Å². The van der Waals surface area contributed by atoms with Gasteiger partial charge >= 0.3 is 0 Å². The highest BCUT2D eigenvalue weighted by Gasteiger charge is 2.25. The molecule has 0 saturated carbocycles. The molecule has 0 aliphatic carbocycles. The third-order valence-corrected chi connectivity index (χ3v) is 3.09. The van der Waals surface area contributed by atoms with E-state index in [9.17, 15) is 9.59 Å². The molecule has 1 aliphatic rings. The minimum absolute atomic E-state index is 0.178. The zero-order valence-corrected chi connectivity index (χ0v) is 10.4. The number of carbonyl (C=O) groups excluding carboxylic acids is 2. The van der Waals surface area contributed by atoms with Crippen molar-refractivity contribution < 1.29 is 9.59 Å². The van der Waals surface area contributed by atoms with Crippen LogP contribution in [0.25, 0.3) is 0 Å². The average molecular weight is 273 g/mol. The van der Waals surface area contributed by atoms with Crippen molar-refractivity contribution in [2.24, 2.45) is 0 Å². The first-order valence-electron chi connectivity index (χ1n) is 5.06. The highest BCUT2D eigenvalue weighted by molar-refractivity contribution is 6.35. The number of piperazine rings is 1. The predicted molar refractivity (Wildman–Crippen MR) is 64.9 cm³/mol. The Morgan fingerprint density at radius 3 is 2.41 bits per heavy atom. The van der Waals surface area contributed by atoms with Crippen molar-refractivity contribution in [2.45, 2.75) is 6.54 Å². The van der Waals surface area contributed by atoms with Crippen LogP contribution >= 0.6 is 23.2 Å². The molecule has 0 aromatic heterocycles. The van der Waals surface area contributed by atoms with Crippen LogP contribution in [0.3, 0.4) is 0 Å². The minimum Gasteiger partial charge on any atom is -0.300 e. The molecule has 1 aromatic rings. The second-order valence-electron chi connectivity index (χ2n) is 3.71. The molecule has 1 aromatic carbocycles. The van der Waals surface area contributed by atoms with Crippen LogP contribution in [0.2, 0.25) is 10.0 Å². The summed E-state index contributed by atoms with van der Waals surface area (Å²) in [6.45, 7) is 0.545. The summed E-state index contributed by atoms with van der Waals surface area (Å²) in [6, 6.07) is 4.99. The molecule has 1 aliphatic heterocycles. The Morgan fingerprint density at radius 2 is 1.82 bits per heavy atom. The third-order valence-electron chi connectivity index (χ3n) is 2.50. The van der Waals surface area contributed by atoms with Crippen LogP contribution in [0.15, 0.2) is 18.2 Å². The van der Waals surface area contributed by atoms with Gasteiger partial charge in [0.15, 0.2) is 0 Å². The molecule has 0 radical (unpaired) electrons. The summed E-state index contributed by atoms with van der Waals surface area (Å²) in [4.78, 5) is 24.3. The van der Waals surface area contributed by atoms with Gasteiger partial charge in [-0.3, -0.25) is 19.8 Å². The monoisotopic (exact) mass is 272 g/mol. The first kappa shape index (κ1) is 12.4. The molecule has 0 bridgehead atoms. The summed E-state index contributed by atoms with van der Waals surface area (Å²) in [6.07, 6.45) is 0. The first-order chi connectivity index (χ1) is 8.08. The number of carbonyl (C=O) groups is 2. The molecule has 0 unspecified atom stereocenters. The molecule has 0 spiro atoms. The quantitative estimate of drug-likeness (QED) is 0.830. The standard InChI is InChI=1S/C11H10Cl2N2O2/c12-8-2-1-7(9(13)3-8)6-15-10(16)4-14-5-11(15)17/h1-3,14H,4-6H2. The van der Waals surface area contributed by atoms with E-state index in [2.05, 4.69) is 5.32 Å². The van der Waals surface area contributed by atoms with E-state index in [4.69, 9.17) is 23.2 Å². The van der Waals surface area contributed by atoms with E-state index in [1.807, 2.05) is 0 Å². The van der Waals surface area contributed by atoms with Crippen LogP contribution in [0.5, 0.6) is 0 Å². The number of halogens is 2. The van der Waals surface area contributed by atoms with E-state index in [1.54, 1.807) is 18.2 Å². The Hall–Kier alpha value is -1.10. The maximum absolute atomic E-state index is 11.6. The fraction of sp³-hybridized carbons (Fsp3) is 0.273. The normalized spacial score (nSPS) is 16.5. The zero-order chi connectivity index (χ0) is 12.4. The summed E-state index contributed by atoms with van der Waals surface area (Å²) in [5.74, 6) is -0.487. The lowest BCUT2D eigenvalue weighted by Gasteiger charge is -2.25. The number of hydrogen-bond acceptors (Lipinski definition) is 3. The van der Waals surface area contributed by atoms with Crippen molar-refractivity contribution >= 4 is 35.0 Å². The number of nitrogens with zero attached hydrogens (tertiary/aromatic N) is 1. The van der Waals surface area contributed by atoms with Gasteiger partial charge < -0.3 is 0 Å². The van der Waals surface area contributed by atoms with Gasteiger partial charge in [0.05, 0.1) is 19.6 Å². The number of amides is 2. The van der Waals surface area contributed by atoms with E-state index < -0.39 is 0 Å². The maximum atomic E-state index is 11.6. The number of benzene rings is 1. The molecule has 90 valence electrons. The van der Waals surface area contributed by atoms with Gasteiger partial charge in [-0.25, -0.2) is 0 Å². The zero-order valence-electron chi connectivity index (χ0n) is 8.87. The predicted octanol–water partition coefficient (Wildman–Crippen LogP) is 1.45. The lowest BCUT2D eigenvalue weighted by molar-refractivity contribution is -0.147. The molecule has 17 heavy (non-hydrogen) atoms. The molecular formula is C11H10Cl2N2O2. The smallest absolute Gasteiger partial charge is 0.243 e. The Kier molecular flexibility index (Phi) is 3.66. The van der Waals surface area contributed by atoms with Gasteiger partial charge in [0, 0.05) is 10.0 Å². The molecule has 2 rings (SSSR count). The van der Waals surface area contributed by atoms with E-state index in [0.29, 0.717) is 15.6 Å². The fourth-order valence-electron chi connectivity index (χ4n) is 1.60. The lowest BCUT2D eigenvalue weighted by atomic mass is 10.2. The highest BCUT2D eigenvalue weighted by Crippen LogP contribution is 2.22. The lowest BCUT2D eigenvalue weighted by Crippen LogP contribution is -2.51. The summed E-state index contributed by atoms with van der Waals surface area (Å²) in [7, 11) is 0. The fourth-order valence-corrected chi connectivity index (χ4v) is 2.07. The van der Waals surface area contributed by atoms with Crippen molar-refractivity contribution in [3.63, 3.8) is 0 Å². The molecule has 2 amide bonds. The SMILES string of the molecule is O=C1CNCC(=O)N1Cc1ccc(Cl)cc1Cl. The maximum Gasteiger partial charge on any atom is 0.243 e. The molecular weight excluding hydrogens is 263 g/mol. The van der Waals surface area contributed by atoms with E-state index in [0.717, 1.165) is 0 Å². The molecule has 1 fully saturated rings. The molecule has 0 atom stereocenters. The Balaban J connectivity index is 2.19. The highest BCUT2D eigenvalue weighted by atomic mass is 35.5. The van der Waals surface area contributed by atoms with Crippen molar-refractivity contribution in [2.75, 3.05) is 13.1 Å². The van der Waals surface area contributed by atoms with Gasteiger partial charge in [-0.2, -0.15) is 0 Å². The van der Waals surface area contributed by atoms with Gasteiger partial charge in [-0.05, 0) is 17.7 Å². The molecule has 4 nitrogen and oxygen atoms in total. The number of rotatable bonds is 2. The van der Waals surface area contributed by atoms with Crippen LogP contribution in [0.1, 0.15) is 5.56 Å². The third kappa shape index (κ3) is 2.77. The number of nitrogens with one attached hydrogen (secondary N) is 1. The van der Waals surface area contributed by atoms with Crippen molar-refractivity contribution in [1.29, 1.82) is 0 Å². The summed E-state index contributed by atoms with van der Waals surface area (Å²) in [5.41, 5.74) is 0.708. The molecule has 1 N–H and O–H groups in total. The largest absolute Gasteiger partial charge is 0.300 e. The minimum atomic E-state index is -0.243. The van der Waals surface area contributed by atoms with E-state index in [-0.39, 0.29) is 31.4 Å². The summed E-state index contributed by atoms with van der Waals surface area (Å²) < 4.78 is 0. The van der Waals surface area contributed by atoms with Crippen LogP contribution in [0.4, 0.5) is 0 Å². The second-order valence-corrected chi connectivity index (χ2v) is 4.56. The van der Waals surface area contributed by atoms with Crippen molar-refractivity contribution in [3.05, 3.63) is 33.8 Å². The molecule has 1 heterocycles. The van der Waals surface area contributed by atoms with Gasteiger partial charge in [-0.1, -0.05) is 29.3 Å². The summed E-state index contributed by atoms with van der Waals surface area (Å²) >= 11 is 11.8. The van der Waals surface area contributed by atoms with Crippen molar-refractivity contribution in [1.82, 2.24) is 10.2 Å². The first-order valence-corrected chi connectivity index (χ1v) is 5.81. The average Bonchev–Trinajstić information content (AvgIpc) is 2.26. The molecule has 1 saturated heterocycles. The number of hydrogen-bond donors (Lipinski definition) is 1. The topological polar surface area (TPSA) is 49.4 Å². The van der Waals surface area contributed by atoms with Gasteiger partial charge in [0.2, 0.25) is 11.8 Å². The van der Waals surface area contributed by atoms with Gasteiger partial charge in [-0.15, -0.1) is 0 Å². The van der Waals surface area contributed by atoms with Crippen molar-refractivity contribution in [3.8, 4) is 0 Å². The summed E-state index contributed by atoms with van der Waals surface area (Å²) in [5, 5.41) is 3.71. The van der Waals surface area contributed by atoms with Gasteiger partial charge in [0.25, 0.3) is 0 Å². The van der Waals surface area contributed by atoms with Crippen LogP contribution in [-0.4, -0.2) is 29.8 Å². The van der Waals surface area contributed by atoms with Crippen LogP contribution < -0.4 is 5.32 Å². The van der Waals surface area contributed by atoms with Crippen LogP contribution in [-0.2, 0) is 16.1 Å². The Morgan fingerprint density at radius 1 is 1.18 bits per heavy atom.